The molecule has 1 unspecified atom stereocenters. The molecule has 2 heteroatoms. The number of benzene rings is 2. The third kappa shape index (κ3) is 2.75. The van der Waals surface area contributed by atoms with Crippen LogP contribution >= 0.6 is 0 Å². The van der Waals surface area contributed by atoms with E-state index in [4.69, 9.17) is 0 Å². The second-order valence-corrected chi connectivity index (χ2v) is 6.51. The highest BCUT2D eigenvalue weighted by Crippen LogP contribution is 2.34. The molecule has 0 N–H and O–H groups in total. The lowest BCUT2D eigenvalue weighted by Crippen LogP contribution is -2.27. The van der Waals surface area contributed by atoms with Crippen LogP contribution in [0.5, 0.6) is 0 Å². The number of aromatic nitrogens is 1. The number of hydrogen-bond donors (Lipinski definition) is 0. The van der Waals surface area contributed by atoms with E-state index in [1.807, 2.05) is 12.3 Å². The molecule has 0 saturated carbocycles. The van der Waals surface area contributed by atoms with E-state index in [1.54, 1.807) is 0 Å². The number of nitrogens with zero attached hydrogens (tertiary/aromatic N) is 2. The highest BCUT2D eigenvalue weighted by atomic mass is 15.1. The summed E-state index contributed by atoms with van der Waals surface area (Å²) in [7, 11) is 2.24. The molecule has 0 fully saturated rings. The van der Waals surface area contributed by atoms with Gasteiger partial charge in [-0.25, -0.2) is 0 Å². The van der Waals surface area contributed by atoms with Gasteiger partial charge in [-0.3, -0.25) is 9.88 Å². The lowest BCUT2D eigenvalue weighted by atomic mass is 9.87. The van der Waals surface area contributed by atoms with Crippen molar-refractivity contribution >= 4 is 10.9 Å². The Hall–Kier alpha value is -2.19. The van der Waals surface area contributed by atoms with Crippen molar-refractivity contribution in [3.63, 3.8) is 0 Å². The standard InChI is InChI=1S/C21H22N2/c1-23(20-13-5-8-16-7-2-3-12-19(16)20)15-18-10-4-9-17-11-6-14-22-21(17)18/h2-4,6-7,9-12,14,20H,5,8,13,15H2,1H3. The van der Waals surface area contributed by atoms with E-state index in [-0.39, 0.29) is 0 Å². The summed E-state index contributed by atoms with van der Waals surface area (Å²) in [5.74, 6) is 0. The van der Waals surface area contributed by atoms with Crippen molar-refractivity contribution in [1.82, 2.24) is 9.88 Å². The van der Waals surface area contributed by atoms with Crippen molar-refractivity contribution in [2.75, 3.05) is 7.05 Å². The van der Waals surface area contributed by atoms with Crippen LogP contribution in [0.4, 0.5) is 0 Å². The van der Waals surface area contributed by atoms with E-state index < -0.39 is 0 Å². The van der Waals surface area contributed by atoms with Gasteiger partial charge in [0.15, 0.2) is 0 Å². The van der Waals surface area contributed by atoms with Crippen LogP contribution in [0, 0.1) is 0 Å². The zero-order valence-electron chi connectivity index (χ0n) is 13.6. The Labute approximate surface area is 137 Å². The van der Waals surface area contributed by atoms with E-state index >= 15 is 0 Å². The average Bonchev–Trinajstić information content (AvgIpc) is 2.61. The normalized spacial score (nSPS) is 17.4. The van der Waals surface area contributed by atoms with Crippen molar-refractivity contribution < 1.29 is 0 Å². The highest BCUT2D eigenvalue weighted by Gasteiger charge is 2.23. The van der Waals surface area contributed by atoms with Crippen LogP contribution in [-0.2, 0) is 13.0 Å². The molecule has 1 heterocycles. The van der Waals surface area contributed by atoms with Crippen molar-refractivity contribution in [3.05, 3.63) is 77.5 Å². The smallest absolute Gasteiger partial charge is 0.0746 e. The highest BCUT2D eigenvalue weighted by molar-refractivity contribution is 5.81. The molecule has 1 aliphatic rings. The lowest BCUT2D eigenvalue weighted by molar-refractivity contribution is 0.214. The first-order chi connectivity index (χ1) is 11.3. The molecule has 1 aromatic heterocycles. The quantitative estimate of drug-likeness (QED) is 0.694. The second-order valence-electron chi connectivity index (χ2n) is 6.51. The number of pyridine rings is 1. The molecule has 2 nitrogen and oxygen atoms in total. The number of fused-ring (bicyclic) bond motifs is 2. The molecule has 0 spiro atoms. The third-order valence-electron chi connectivity index (χ3n) is 5.01. The summed E-state index contributed by atoms with van der Waals surface area (Å²) in [4.78, 5) is 7.08. The average molecular weight is 302 g/mol. The number of rotatable bonds is 3. The predicted octanol–water partition coefficient (Wildman–Crippen LogP) is 4.74. The fourth-order valence-electron chi connectivity index (χ4n) is 3.86. The summed E-state index contributed by atoms with van der Waals surface area (Å²) in [5.41, 5.74) is 5.47. The van der Waals surface area contributed by atoms with Crippen molar-refractivity contribution in [3.8, 4) is 0 Å². The molecule has 2 aromatic carbocycles. The molecule has 0 aliphatic heterocycles. The van der Waals surface area contributed by atoms with Gasteiger partial charge >= 0.3 is 0 Å². The summed E-state index contributed by atoms with van der Waals surface area (Å²) < 4.78 is 0. The molecule has 0 amide bonds. The van der Waals surface area contributed by atoms with E-state index in [0.717, 1.165) is 12.1 Å². The number of aryl methyl sites for hydroxylation is 1. The minimum absolute atomic E-state index is 0.513. The van der Waals surface area contributed by atoms with Gasteiger partial charge in [0, 0.05) is 24.2 Å². The Bertz CT molecular complexity index is 819. The minimum atomic E-state index is 0.513. The SMILES string of the molecule is CN(Cc1cccc2cccnc12)C1CCCc2ccccc21. The zero-order chi connectivity index (χ0) is 15.6. The van der Waals surface area contributed by atoms with Crippen LogP contribution in [0.2, 0.25) is 0 Å². The van der Waals surface area contributed by atoms with E-state index in [2.05, 4.69) is 65.5 Å². The monoisotopic (exact) mass is 302 g/mol. The molecule has 0 radical (unpaired) electrons. The van der Waals surface area contributed by atoms with Gasteiger partial charge in [-0.15, -0.1) is 0 Å². The molecule has 3 aromatic rings. The molecule has 23 heavy (non-hydrogen) atoms. The molecule has 116 valence electrons. The van der Waals surface area contributed by atoms with Gasteiger partial charge in [-0.1, -0.05) is 48.5 Å². The van der Waals surface area contributed by atoms with Crippen LogP contribution in [0.3, 0.4) is 0 Å². The molecule has 0 saturated heterocycles. The van der Waals surface area contributed by atoms with Crippen LogP contribution in [0.15, 0.2) is 60.8 Å². The van der Waals surface area contributed by atoms with Gasteiger partial charge < -0.3 is 0 Å². The Balaban J connectivity index is 1.64. The van der Waals surface area contributed by atoms with Gasteiger partial charge in [0.05, 0.1) is 5.52 Å². The summed E-state index contributed by atoms with van der Waals surface area (Å²) in [6, 6.07) is 20.1. The van der Waals surface area contributed by atoms with E-state index in [1.165, 1.54) is 41.3 Å². The minimum Gasteiger partial charge on any atom is -0.295 e. The second kappa shape index (κ2) is 6.13. The Morgan fingerprint density at radius 3 is 2.87 bits per heavy atom. The maximum atomic E-state index is 4.60. The Morgan fingerprint density at radius 2 is 1.91 bits per heavy atom. The third-order valence-corrected chi connectivity index (χ3v) is 5.01. The van der Waals surface area contributed by atoms with Gasteiger partial charge in [0.1, 0.15) is 0 Å². The predicted molar refractivity (Wildman–Crippen MR) is 95.3 cm³/mol. The summed E-state index contributed by atoms with van der Waals surface area (Å²) >= 11 is 0. The van der Waals surface area contributed by atoms with Gasteiger partial charge in [-0.2, -0.15) is 0 Å². The Kier molecular flexibility index (Phi) is 3.84. The lowest BCUT2D eigenvalue weighted by Gasteiger charge is -2.33. The van der Waals surface area contributed by atoms with Crippen LogP contribution in [0.25, 0.3) is 10.9 Å². The fourth-order valence-corrected chi connectivity index (χ4v) is 3.86. The van der Waals surface area contributed by atoms with Crippen molar-refractivity contribution in [1.29, 1.82) is 0 Å². The van der Waals surface area contributed by atoms with Gasteiger partial charge in [-0.05, 0) is 49.1 Å². The maximum absolute atomic E-state index is 4.60. The summed E-state index contributed by atoms with van der Waals surface area (Å²) in [6.45, 7) is 0.938. The fraction of sp³-hybridized carbons (Fsp3) is 0.286. The molecule has 1 atom stereocenters. The topological polar surface area (TPSA) is 16.1 Å². The van der Waals surface area contributed by atoms with Crippen LogP contribution < -0.4 is 0 Å². The van der Waals surface area contributed by atoms with Crippen LogP contribution in [-0.4, -0.2) is 16.9 Å². The maximum Gasteiger partial charge on any atom is 0.0746 e. The largest absolute Gasteiger partial charge is 0.295 e. The summed E-state index contributed by atoms with van der Waals surface area (Å²) in [5, 5.41) is 1.22. The first-order valence-electron chi connectivity index (χ1n) is 8.43. The zero-order valence-corrected chi connectivity index (χ0v) is 13.6. The molecule has 4 rings (SSSR count). The molecular weight excluding hydrogens is 280 g/mol. The van der Waals surface area contributed by atoms with Gasteiger partial charge in [0.2, 0.25) is 0 Å². The van der Waals surface area contributed by atoms with Crippen LogP contribution in [0.1, 0.15) is 35.6 Å². The Morgan fingerprint density at radius 1 is 1.04 bits per heavy atom. The number of para-hydroxylation sites is 1. The summed E-state index contributed by atoms with van der Waals surface area (Å²) in [6.07, 6.45) is 5.63. The van der Waals surface area contributed by atoms with Crippen molar-refractivity contribution in [2.24, 2.45) is 0 Å². The van der Waals surface area contributed by atoms with Gasteiger partial charge in [0.25, 0.3) is 0 Å². The molecule has 0 bridgehead atoms. The van der Waals surface area contributed by atoms with E-state index in [9.17, 15) is 0 Å². The first-order valence-corrected chi connectivity index (χ1v) is 8.43. The molecular formula is C21H22N2. The number of hydrogen-bond acceptors (Lipinski definition) is 2. The van der Waals surface area contributed by atoms with E-state index in [0.29, 0.717) is 6.04 Å². The first kappa shape index (κ1) is 14.4. The van der Waals surface area contributed by atoms with Crippen molar-refractivity contribution in [2.45, 2.75) is 31.8 Å². The molecule has 1 aliphatic carbocycles.